The van der Waals surface area contributed by atoms with Crippen molar-refractivity contribution >= 4 is 27.6 Å². The van der Waals surface area contributed by atoms with Gasteiger partial charge in [0.25, 0.3) is 0 Å². The second kappa shape index (κ2) is 41.0. The average molecular weight is 917 g/mol. The fraction of sp³-hybridized carbons (Fsp3) is 0.652. The van der Waals surface area contributed by atoms with Crippen LogP contribution in [0.1, 0.15) is 149 Å². The van der Waals surface area contributed by atoms with Crippen LogP contribution in [0.5, 0.6) is 0 Å². The summed E-state index contributed by atoms with van der Waals surface area (Å²) in [4.78, 5) is 52.7. The van der Waals surface area contributed by atoms with E-state index in [-0.39, 0.29) is 12.8 Å². The van der Waals surface area contributed by atoms with Gasteiger partial charge < -0.3 is 34.4 Å². The minimum Gasteiger partial charge on any atom is -0.462 e. The molecule has 0 aromatic heterocycles. The summed E-state index contributed by atoms with van der Waals surface area (Å²) < 4.78 is 47.6. The van der Waals surface area contributed by atoms with Crippen LogP contribution in [0.25, 0.3) is 0 Å². The molecule has 0 bridgehead atoms. The van der Waals surface area contributed by atoms with Gasteiger partial charge in [0.05, 0.1) is 25.9 Å². The number of aliphatic hydroxyl groups excluding tert-OH is 2. The molecule has 0 amide bonds. The molecule has 0 aliphatic carbocycles. The highest BCUT2D eigenvalue weighted by Gasteiger charge is 2.28. The fourth-order valence-electron chi connectivity index (χ4n) is 5.40. The number of carbonyl (C=O) groups excluding carboxylic acids is 2. The van der Waals surface area contributed by atoms with Gasteiger partial charge in [-0.2, -0.15) is 0 Å². The zero-order valence-electron chi connectivity index (χ0n) is 37.3. The third kappa shape index (κ3) is 43.9. The van der Waals surface area contributed by atoms with Crippen LogP contribution in [0.4, 0.5) is 0 Å². The molecule has 0 saturated heterocycles. The minimum absolute atomic E-state index is 0.0426. The quantitative estimate of drug-likeness (QED) is 0.0127. The number of phosphoric ester groups is 2. The molecule has 5 N–H and O–H groups in total. The van der Waals surface area contributed by atoms with Crippen LogP contribution in [-0.4, -0.2) is 81.6 Å². The smallest absolute Gasteiger partial charge is 0.462 e. The molecule has 14 nitrogen and oxygen atoms in total. The maximum atomic E-state index is 12.7. The number of unbranched alkanes of at least 4 members (excludes halogenated alkanes) is 10. The zero-order valence-corrected chi connectivity index (χ0v) is 39.1. The summed E-state index contributed by atoms with van der Waals surface area (Å²) in [5, 5.41) is 20.0. The van der Waals surface area contributed by atoms with Gasteiger partial charge in [0, 0.05) is 12.8 Å². The SMILES string of the molecule is CCCCC/C=C\C/C=C\C/C=C\C=C\[C@@H](O)CCCC(=O)OC[C@H](COP(=O)(O)OC[C@@H](O)COP(=O)(O)O)OC(=O)CCCCCC/C=C\C/C=C\C/C=C\CCCCC. The summed E-state index contributed by atoms with van der Waals surface area (Å²) in [6.45, 7) is 1.45. The lowest BCUT2D eigenvalue weighted by Gasteiger charge is -2.20. The Balaban J connectivity index is 4.75. The fourth-order valence-corrected chi connectivity index (χ4v) is 6.55. The molecule has 16 heteroatoms. The standard InChI is InChI=1S/C46H78O14P2/c1-3-5-7-9-11-13-15-17-18-19-20-22-24-26-28-30-32-36-46(50)60-44(41-59-62(54,55)58-39-43(48)38-57-61(51,52)53)40-56-45(49)37-33-35-42(47)34-31-29-27-25-23-21-16-14-12-10-8-6-4-2/h11-14,17-18,20-23,27,29,31,34,42-44,47-48H,3-10,15-16,19,24-26,28,30,32-33,35-41H2,1-2H3,(H,54,55)(H2,51,52,53)/b13-11-,14-12-,18-17-,22-20-,23-21-,29-27-,34-31+/t42-,43+,44-/m1/s1. The van der Waals surface area contributed by atoms with E-state index in [0.717, 1.165) is 64.2 Å². The van der Waals surface area contributed by atoms with Gasteiger partial charge in [0.2, 0.25) is 0 Å². The molecule has 0 aromatic rings. The highest BCUT2D eigenvalue weighted by atomic mass is 31.2. The van der Waals surface area contributed by atoms with Crippen molar-refractivity contribution in [1.29, 1.82) is 0 Å². The van der Waals surface area contributed by atoms with Crippen molar-refractivity contribution in [2.24, 2.45) is 0 Å². The number of esters is 2. The van der Waals surface area contributed by atoms with Crippen LogP contribution >= 0.6 is 15.6 Å². The first-order valence-corrected chi connectivity index (χ1v) is 25.4. The van der Waals surface area contributed by atoms with Crippen LogP contribution in [0.2, 0.25) is 0 Å². The van der Waals surface area contributed by atoms with Crippen molar-refractivity contribution in [2.45, 2.75) is 167 Å². The van der Waals surface area contributed by atoms with Crippen molar-refractivity contribution in [3.8, 4) is 0 Å². The van der Waals surface area contributed by atoms with Gasteiger partial charge in [-0.25, -0.2) is 9.13 Å². The highest BCUT2D eigenvalue weighted by Crippen LogP contribution is 2.43. The van der Waals surface area contributed by atoms with E-state index in [4.69, 9.17) is 23.8 Å². The van der Waals surface area contributed by atoms with Crippen molar-refractivity contribution < 1.29 is 66.7 Å². The van der Waals surface area contributed by atoms with E-state index in [0.29, 0.717) is 19.3 Å². The molecule has 0 radical (unpaired) electrons. The summed E-state index contributed by atoms with van der Waals surface area (Å²) in [5.74, 6) is -1.27. The molecular weight excluding hydrogens is 838 g/mol. The predicted octanol–water partition coefficient (Wildman–Crippen LogP) is 10.5. The largest absolute Gasteiger partial charge is 0.472 e. The summed E-state index contributed by atoms with van der Waals surface area (Å²) in [7, 11) is -9.75. The van der Waals surface area contributed by atoms with Crippen molar-refractivity contribution in [1.82, 2.24) is 0 Å². The Morgan fingerprint density at radius 2 is 1.02 bits per heavy atom. The number of ether oxygens (including phenoxy) is 2. The Hall–Kier alpha value is -2.74. The van der Waals surface area contributed by atoms with E-state index in [1.54, 1.807) is 12.2 Å². The molecule has 0 heterocycles. The lowest BCUT2D eigenvalue weighted by atomic mass is 10.1. The number of hydrogen-bond acceptors (Lipinski definition) is 11. The minimum atomic E-state index is -4.89. The summed E-state index contributed by atoms with van der Waals surface area (Å²) in [6, 6.07) is 0. The molecule has 0 spiro atoms. The maximum Gasteiger partial charge on any atom is 0.472 e. The van der Waals surface area contributed by atoms with E-state index in [9.17, 15) is 33.8 Å². The topological polar surface area (TPSA) is 216 Å². The lowest BCUT2D eigenvalue weighted by Crippen LogP contribution is -2.30. The third-order valence-electron chi connectivity index (χ3n) is 8.85. The van der Waals surface area contributed by atoms with E-state index in [2.05, 4.69) is 83.7 Å². The van der Waals surface area contributed by atoms with Gasteiger partial charge >= 0.3 is 27.6 Å². The van der Waals surface area contributed by atoms with Gasteiger partial charge in [-0.15, -0.1) is 0 Å². The molecule has 0 aliphatic heterocycles. The van der Waals surface area contributed by atoms with E-state index < -0.39 is 72.3 Å². The van der Waals surface area contributed by atoms with Crippen molar-refractivity contribution in [3.63, 3.8) is 0 Å². The molecule has 1 unspecified atom stereocenters. The molecule has 62 heavy (non-hydrogen) atoms. The highest BCUT2D eigenvalue weighted by molar-refractivity contribution is 7.47. The number of carbonyl (C=O) groups is 2. The third-order valence-corrected chi connectivity index (χ3v) is 10.3. The molecular formula is C46H78O14P2. The van der Waals surface area contributed by atoms with Gasteiger partial charge in [-0.05, 0) is 83.5 Å². The molecule has 356 valence electrons. The van der Waals surface area contributed by atoms with Crippen LogP contribution in [-0.2, 0) is 41.8 Å². The Bertz CT molecular complexity index is 1430. The summed E-state index contributed by atoms with van der Waals surface area (Å²) in [5.41, 5.74) is 0. The second-order valence-corrected chi connectivity index (χ2v) is 17.5. The monoisotopic (exact) mass is 916 g/mol. The lowest BCUT2D eigenvalue weighted by molar-refractivity contribution is -0.161. The summed E-state index contributed by atoms with van der Waals surface area (Å²) in [6.07, 6.45) is 43.1. The zero-order chi connectivity index (χ0) is 46.0. The van der Waals surface area contributed by atoms with Crippen molar-refractivity contribution in [2.75, 3.05) is 26.4 Å². The van der Waals surface area contributed by atoms with Gasteiger partial charge in [0.15, 0.2) is 6.10 Å². The van der Waals surface area contributed by atoms with Crippen LogP contribution in [0.3, 0.4) is 0 Å². The maximum absolute atomic E-state index is 12.7. The normalized spacial score (nSPS) is 15.3. The van der Waals surface area contributed by atoms with E-state index in [1.165, 1.54) is 38.5 Å². The van der Waals surface area contributed by atoms with Crippen LogP contribution in [0.15, 0.2) is 85.1 Å². The van der Waals surface area contributed by atoms with Gasteiger partial charge in [-0.3, -0.25) is 23.2 Å². The van der Waals surface area contributed by atoms with Gasteiger partial charge in [-0.1, -0.05) is 137 Å². The number of hydrogen-bond donors (Lipinski definition) is 5. The van der Waals surface area contributed by atoms with Gasteiger partial charge in [0.1, 0.15) is 12.7 Å². The molecule has 0 aliphatic rings. The number of allylic oxidation sites excluding steroid dienone is 13. The van der Waals surface area contributed by atoms with Crippen molar-refractivity contribution in [3.05, 3.63) is 85.1 Å². The first kappa shape index (κ1) is 59.3. The number of rotatable bonds is 41. The first-order valence-electron chi connectivity index (χ1n) is 22.4. The Morgan fingerprint density at radius 3 is 1.58 bits per heavy atom. The van der Waals surface area contributed by atoms with Crippen LogP contribution in [0, 0.1) is 0 Å². The molecule has 0 fully saturated rings. The Kier molecular flexibility index (Phi) is 39.2. The molecule has 4 atom stereocenters. The molecule has 0 saturated carbocycles. The summed E-state index contributed by atoms with van der Waals surface area (Å²) >= 11 is 0. The van der Waals surface area contributed by atoms with E-state index >= 15 is 0 Å². The average Bonchev–Trinajstić information content (AvgIpc) is 3.22. The molecule has 0 rings (SSSR count). The first-order chi connectivity index (χ1) is 29.8. The number of aliphatic hydroxyl groups is 2. The van der Waals surface area contributed by atoms with E-state index in [1.807, 2.05) is 12.2 Å². The van der Waals surface area contributed by atoms with Crippen LogP contribution < -0.4 is 0 Å². The Morgan fingerprint density at radius 1 is 0.532 bits per heavy atom. The molecule has 0 aromatic carbocycles. The number of phosphoric acid groups is 2. The Labute approximate surface area is 371 Å². The predicted molar refractivity (Wildman–Crippen MR) is 245 cm³/mol. The second-order valence-electron chi connectivity index (χ2n) is 14.8.